The topological polar surface area (TPSA) is 44.8 Å². The molecule has 0 saturated carbocycles. The number of carbonyl (C=O) groups is 1. The van der Waals surface area contributed by atoms with Crippen LogP contribution in [0.25, 0.3) is 0 Å². The summed E-state index contributed by atoms with van der Waals surface area (Å²) in [6.45, 7) is 2.77. The molecule has 0 saturated heterocycles. The maximum atomic E-state index is 11.8. The molecule has 0 N–H and O–H groups in total. The smallest absolute Gasteiger partial charge is 0.347 e. The van der Waals surface area contributed by atoms with Crippen molar-refractivity contribution in [2.45, 2.75) is 32.3 Å². The number of hydrogen-bond acceptors (Lipinski definition) is 4. The highest BCUT2D eigenvalue weighted by molar-refractivity contribution is 5.75. The quantitative estimate of drug-likeness (QED) is 0.761. The van der Waals surface area contributed by atoms with Gasteiger partial charge in [-0.05, 0) is 37.0 Å². The average Bonchev–Trinajstić information content (AvgIpc) is 2.62. The van der Waals surface area contributed by atoms with E-state index in [0.717, 1.165) is 29.9 Å². The molecule has 1 unspecified atom stereocenters. The maximum Gasteiger partial charge on any atom is 0.347 e. The zero-order valence-electron chi connectivity index (χ0n) is 13.9. The molecule has 0 fully saturated rings. The molecule has 126 valence electrons. The molecule has 2 aromatic rings. The van der Waals surface area contributed by atoms with Crippen molar-refractivity contribution in [2.75, 3.05) is 13.2 Å². The third kappa shape index (κ3) is 4.07. The van der Waals surface area contributed by atoms with Gasteiger partial charge in [0.15, 0.2) is 6.10 Å². The molecule has 0 bridgehead atoms. The summed E-state index contributed by atoms with van der Waals surface area (Å²) >= 11 is 0. The highest BCUT2D eigenvalue weighted by atomic mass is 16.6. The van der Waals surface area contributed by atoms with E-state index in [2.05, 4.69) is 12.1 Å². The molecule has 4 nitrogen and oxygen atoms in total. The number of rotatable bonds is 6. The highest BCUT2D eigenvalue weighted by Crippen LogP contribution is 2.31. The van der Waals surface area contributed by atoms with Crippen LogP contribution in [0.15, 0.2) is 48.5 Å². The second-order valence-electron chi connectivity index (χ2n) is 5.75. The van der Waals surface area contributed by atoms with Crippen molar-refractivity contribution in [3.63, 3.8) is 0 Å². The minimum atomic E-state index is -0.517. The molecule has 1 aliphatic rings. The van der Waals surface area contributed by atoms with E-state index in [1.165, 1.54) is 5.56 Å². The molecule has 1 atom stereocenters. The minimum absolute atomic E-state index is 0.293. The largest absolute Gasteiger partial charge is 0.493 e. The van der Waals surface area contributed by atoms with Crippen molar-refractivity contribution < 1.29 is 19.0 Å². The number of carbonyl (C=O) groups excluding carboxylic acids is 1. The number of benzene rings is 2. The van der Waals surface area contributed by atoms with Gasteiger partial charge in [-0.3, -0.25) is 0 Å². The molecule has 0 aromatic heterocycles. The third-order valence-electron chi connectivity index (χ3n) is 4.04. The second kappa shape index (κ2) is 7.86. The molecule has 1 heterocycles. The predicted octanol–water partition coefficient (Wildman–Crippen LogP) is 3.56. The van der Waals surface area contributed by atoms with Crippen molar-refractivity contribution in [3.05, 3.63) is 59.7 Å². The summed E-state index contributed by atoms with van der Waals surface area (Å²) in [6, 6.07) is 16.1. The number of esters is 1. The van der Waals surface area contributed by atoms with Crippen LogP contribution in [-0.2, 0) is 22.4 Å². The van der Waals surface area contributed by atoms with Gasteiger partial charge >= 0.3 is 5.97 Å². The SMILES string of the molecule is CCOC(=O)C1CCc2ccc(OCCc3ccccc3)cc2O1. The molecule has 0 radical (unpaired) electrons. The average molecular weight is 326 g/mol. The van der Waals surface area contributed by atoms with Crippen LogP contribution in [0.4, 0.5) is 0 Å². The Bertz CT molecular complexity index is 681. The summed E-state index contributed by atoms with van der Waals surface area (Å²) in [5.74, 6) is 1.18. The highest BCUT2D eigenvalue weighted by Gasteiger charge is 2.27. The lowest BCUT2D eigenvalue weighted by atomic mass is 10.0. The fourth-order valence-corrected chi connectivity index (χ4v) is 2.77. The van der Waals surface area contributed by atoms with E-state index in [1.54, 1.807) is 6.92 Å². The minimum Gasteiger partial charge on any atom is -0.493 e. The first kappa shape index (κ1) is 16.4. The van der Waals surface area contributed by atoms with Gasteiger partial charge in [0.25, 0.3) is 0 Å². The van der Waals surface area contributed by atoms with Crippen LogP contribution in [0.1, 0.15) is 24.5 Å². The lowest BCUT2D eigenvalue weighted by Crippen LogP contribution is -2.32. The van der Waals surface area contributed by atoms with Crippen LogP contribution in [-0.4, -0.2) is 25.3 Å². The van der Waals surface area contributed by atoms with E-state index in [0.29, 0.717) is 19.6 Å². The molecule has 1 aliphatic heterocycles. The number of ether oxygens (including phenoxy) is 3. The van der Waals surface area contributed by atoms with Crippen molar-refractivity contribution in [1.82, 2.24) is 0 Å². The van der Waals surface area contributed by atoms with Crippen LogP contribution >= 0.6 is 0 Å². The monoisotopic (exact) mass is 326 g/mol. The fourth-order valence-electron chi connectivity index (χ4n) is 2.77. The van der Waals surface area contributed by atoms with E-state index in [1.807, 2.05) is 36.4 Å². The summed E-state index contributed by atoms with van der Waals surface area (Å²) in [6.07, 6.45) is 1.80. The van der Waals surface area contributed by atoms with Gasteiger partial charge in [-0.15, -0.1) is 0 Å². The molecular weight excluding hydrogens is 304 g/mol. The zero-order chi connectivity index (χ0) is 16.8. The van der Waals surface area contributed by atoms with Gasteiger partial charge < -0.3 is 14.2 Å². The van der Waals surface area contributed by atoms with E-state index >= 15 is 0 Å². The third-order valence-corrected chi connectivity index (χ3v) is 4.04. The van der Waals surface area contributed by atoms with Crippen LogP contribution in [0.2, 0.25) is 0 Å². The summed E-state index contributed by atoms with van der Waals surface area (Å²) in [4.78, 5) is 11.8. The van der Waals surface area contributed by atoms with Crippen molar-refractivity contribution in [1.29, 1.82) is 0 Å². The Morgan fingerprint density at radius 1 is 1.21 bits per heavy atom. The summed E-state index contributed by atoms with van der Waals surface area (Å²) in [5.41, 5.74) is 2.35. The molecule has 2 aromatic carbocycles. The number of aryl methyl sites for hydroxylation is 1. The van der Waals surface area contributed by atoms with Crippen molar-refractivity contribution >= 4 is 5.97 Å². The van der Waals surface area contributed by atoms with E-state index in [-0.39, 0.29) is 5.97 Å². The van der Waals surface area contributed by atoms with E-state index < -0.39 is 6.10 Å². The first-order chi connectivity index (χ1) is 11.8. The summed E-state index contributed by atoms with van der Waals surface area (Å²) < 4.78 is 16.7. The zero-order valence-corrected chi connectivity index (χ0v) is 13.9. The van der Waals surface area contributed by atoms with Gasteiger partial charge in [0.1, 0.15) is 11.5 Å². The lowest BCUT2D eigenvalue weighted by Gasteiger charge is -2.25. The molecule has 3 rings (SSSR count). The Morgan fingerprint density at radius 2 is 2.04 bits per heavy atom. The van der Waals surface area contributed by atoms with E-state index in [4.69, 9.17) is 14.2 Å². The normalized spacial score (nSPS) is 16.0. The van der Waals surface area contributed by atoms with Gasteiger partial charge in [-0.1, -0.05) is 36.4 Å². The number of hydrogen-bond donors (Lipinski definition) is 0. The molecular formula is C20H22O4. The summed E-state index contributed by atoms with van der Waals surface area (Å²) in [7, 11) is 0. The second-order valence-corrected chi connectivity index (χ2v) is 5.75. The van der Waals surface area contributed by atoms with Crippen LogP contribution in [0, 0.1) is 0 Å². The van der Waals surface area contributed by atoms with Crippen molar-refractivity contribution in [3.8, 4) is 11.5 Å². The van der Waals surface area contributed by atoms with Crippen LogP contribution < -0.4 is 9.47 Å². The van der Waals surface area contributed by atoms with Crippen LogP contribution in [0.3, 0.4) is 0 Å². The van der Waals surface area contributed by atoms with Gasteiger partial charge in [0, 0.05) is 12.5 Å². The molecule has 0 spiro atoms. The number of fused-ring (bicyclic) bond motifs is 1. The summed E-state index contributed by atoms with van der Waals surface area (Å²) in [5, 5.41) is 0. The fraction of sp³-hybridized carbons (Fsp3) is 0.350. The van der Waals surface area contributed by atoms with Gasteiger partial charge in [0.2, 0.25) is 0 Å². The molecule has 4 heteroatoms. The van der Waals surface area contributed by atoms with E-state index in [9.17, 15) is 4.79 Å². The maximum absolute atomic E-state index is 11.8. The lowest BCUT2D eigenvalue weighted by molar-refractivity contribution is -0.152. The molecule has 0 amide bonds. The Kier molecular flexibility index (Phi) is 5.36. The Labute approximate surface area is 142 Å². The van der Waals surface area contributed by atoms with Crippen LogP contribution in [0.5, 0.6) is 11.5 Å². The van der Waals surface area contributed by atoms with Gasteiger partial charge in [-0.2, -0.15) is 0 Å². The first-order valence-electron chi connectivity index (χ1n) is 8.39. The Hall–Kier alpha value is -2.49. The Balaban J connectivity index is 1.59. The van der Waals surface area contributed by atoms with Crippen molar-refractivity contribution in [2.24, 2.45) is 0 Å². The van der Waals surface area contributed by atoms with Gasteiger partial charge in [0.05, 0.1) is 13.2 Å². The Morgan fingerprint density at radius 3 is 2.83 bits per heavy atom. The molecule has 24 heavy (non-hydrogen) atoms. The molecule has 0 aliphatic carbocycles. The predicted molar refractivity (Wildman–Crippen MR) is 91.5 cm³/mol. The first-order valence-corrected chi connectivity index (χ1v) is 8.39. The standard InChI is InChI=1S/C20H22O4/c1-2-22-20(21)18-11-9-16-8-10-17(14-19(16)24-18)23-13-12-15-6-4-3-5-7-15/h3-8,10,14,18H,2,9,11-13H2,1H3. The van der Waals surface area contributed by atoms with Gasteiger partial charge in [-0.25, -0.2) is 4.79 Å².